The Balaban J connectivity index is 2.74. The van der Waals surface area contributed by atoms with Gasteiger partial charge in [-0.1, -0.05) is 13.8 Å². The Morgan fingerprint density at radius 2 is 2.06 bits per heavy atom. The Morgan fingerprint density at radius 1 is 1.41 bits per heavy atom. The summed E-state index contributed by atoms with van der Waals surface area (Å²) in [5.74, 6) is -0.474. The highest BCUT2D eigenvalue weighted by atomic mass is 19.1. The van der Waals surface area contributed by atoms with Gasteiger partial charge in [0, 0.05) is 6.54 Å². The van der Waals surface area contributed by atoms with Crippen LogP contribution in [0.15, 0.2) is 18.2 Å². The van der Waals surface area contributed by atoms with E-state index < -0.39 is 11.4 Å². The van der Waals surface area contributed by atoms with Gasteiger partial charge in [-0.15, -0.1) is 0 Å². The predicted molar refractivity (Wildman–Crippen MR) is 65.1 cm³/mol. The molecule has 0 aliphatic heterocycles. The van der Waals surface area contributed by atoms with Gasteiger partial charge in [0.15, 0.2) is 0 Å². The molecule has 1 aromatic carbocycles. The second kappa shape index (κ2) is 5.65. The largest absolute Gasteiger partial charge is 0.388 e. The third-order valence-electron chi connectivity index (χ3n) is 3.02. The molecule has 3 nitrogen and oxygen atoms in total. The van der Waals surface area contributed by atoms with Crippen LogP contribution in [0.1, 0.15) is 32.3 Å². The van der Waals surface area contributed by atoms with Gasteiger partial charge in [-0.05, 0) is 31.0 Å². The number of halogens is 1. The average Bonchev–Trinajstić information content (AvgIpc) is 2.36. The van der Waals surface area contributed by atoms with Crippen LogP contribution in [0.3, 0.4) is 0 Å². The fourth-order valence-corrected chi connectivity index (χ4v) is 1.49. The van der Waals surface area contributed by atoms with E-state index in [4.69, 9.17) is 5.26 Å². The number of hydrogen-bond donors (Lipinski definition) is 2. The zero-order valence-corrected chi connectivity index (χ0v) is 10.1. The minimum absolute atomic E-state index is 0.286. The van der Waals surface area contributed by atoms with E-state index in [9.17, 15) is 9.50 Å². The summed E-state index contributed by atoms with van der Waals surface area (Å²) in [7, 11) is 0. The van der Waals surface area contributed by atoms with Crippen LogP contribution in [-0.2, 0) is 0 Å². The molecule has 0 saturated carbocycles. The number of rotatable bonds is 5. The summed E-state index contributed by atoms with van der Waals surface area (Å²) in [4.78, 5) is 0. The first-order chi connectivity index (χ1) is 8.04. The zero-order chi connectivity index (χ0) is 12.9. The number of aliphatic hydroxyl groups is 1. The molecule has 0 aromatic heterocycles. The number of anilines is 1. The van der Waals surface area contributed by atoms with Crippen LogP contribution in [0.4, 0.5) is 10.1 Å². The molecule has 0 bridgehead atoms. The van der Waals surface area contributed by atoms with Crippen molar-refractivity contribution in [3.63, 3.8) is 0 Å². The van der Waals surface area contributed by atoms with Gasteiger partial charge in [-0.2, -0.15) is 5.26 Å². The molecule has 0 saturated heterocycles. The molecule has 2 N–H and O–H groups in total. The summed E-state index contributed by atoms with van der Waals surface area (Å²) in [5.41, 5.74) is -0.223. The Hall–Kier alpha value is -1.60. The molecular formula is C13H17FN2O. The molecule has 0 radical (unpaired) electrons. The fourth-order valence-electron chi connectivity index (χ4n) is 1.49. The van der Waals surface area contributed by atoms with Gasteiger partial charge in [-0.3, -0.25) is 0 Å². The summed E-state index contributed by atoms with van der Waals surface area (Å²) in [5, 5.41) is 21.5. The van der Waals surface area contributed by atoms with Crippen LogP contribution in [0.2, 0.25) is 0 Å². The SMILES string of the molecule is CCC(O)(CC)CNc1ccc(C#N)cc1F. The fraction of sp³-hybridized carbons (Fsp3) is 0.462. The summed E-state index contributed by atoms with van der Waals surface area (Å²) in [6.07, 6.45) is 1.21. The molecule has 0 spiro atoms. The van der Waals surface area contributed by atoms with Gasteiger partial charge in [0.05, 0.1) is 22.9 Å². The molecule has 0 amide bonds. The maximum atomic E-state index is 13.5. The van der Waals surface area contributed by atoms with Crippen LogP contribution in [0.25, 0.3) is 0 Å². The van der Waals surface area contributed by atoms with Crippen molar-refractivity contribution in [1.82, 2.24) is 0 Å². The Morgan fingerprint density at radius 3 is 2.53 bits per heavy atom. The number of benzene rings is 1. The quantitative estimate of drug-likeness (QED) is 0.826. The first kappa shape index (κ1) is 13.5. The molecule has 0 unspecified atom stereocenters. The van der Waals surface area contributed by atoms with Crippen molar-refractivity contribution in [2.45, 2.75) is 32.3 Å². The predicted octanol–water partition coefficient (Wildman–Crippen LogP) is 2.66. The minimum Gasteiger partial charge on any atom is -0.388 e. The van der Waals surface area contributed by atoms with Crippen LogP contribution >= 0.6 is 0 Å². The highest BCUT2D eigenvalue weighted by Crippen LogP contribution is 2.19. The molecule has 0 heterocycles. The molecule has 17 heavy (non-hydrogen) atoms. The van der Waals surface area contributed by atoms with E-state index in [1.54, 1.807) is 6.07 Å². The Bertz CT molecular complexity index is 422. The lowest BCUT2D eigenvalue weighted by Gasteiger charge is -2.26. The van der Waals surface area contributed by atoms with E-state index >= 15 is 0 Å². The molecule has 92 valence electrons. The lowest BCUT2D eigenvalue weighted by Crippen LogP contribution is -2.35. The van der Waals surface area contributed by atoms with Gasteiger partial charge >= 0.3 is 0 Å². The van der Waals surface area contributed by atoms with Crippen molar-refractivity contribution >= 4 is 5.69 Å². The van der Waals surface area contributed by atoms with Crippen molar-refractivity contribution in [2.75, 3.05) is 11.9 Å². The van der Waals surface area contributed by atoms with Crippen molar-refractivity contribution in [2.24, 2.45) is 0 Å². The minimum atomic E-state index is -0.819. The summed E-state index contributed by atoms with van der Waals surface area (Å²) >= 11 is 0. The monoisotopic (exact) mass is 236 g/mol. The van der Waals surface area contributed by atoms with E-state index in [2.05, 4.69) is 5.32 Å². The third-order valence-corrected chi connectivity index (χ3v) is 3.02. The second-order valence-electron chi connectivity index (χ2n) is 4.09. The van der Waals surface area contributed by atoms with Crippen molar-refractivity contribution in [3.8, 4) is 6.07 Å². The average molecular weight is 236 g/mol. The van der Waals surface area contributed by atoms with Crippen LogP contribution in [0.5, 0.6) is 0 Å². The highest BCUT2D eigenvalue weighted by molar-refractivity contribution is 5.49. The number of nitrogens with zero attached hydrogens (tertiary/aromatic N) is 1. The molecule has 0 atom stereocenters. The number of nitriles is 1. The lowest BCUT2D eigenvalue weighted by molar-refractivity contribution is 0.0456. The van der Waals surface area contributed by atoms with Gasteiger partial charge in [0.2, 0.25) is 0 Å². The van der Waals surface area contributed by atoms with Gasteiger partial charge in [-0.25, -0.2) is 4.39 Å². The van der Waals surface area contributed by atoms with Crippen molar-refractivity contribution in [3.05, 3.63) is 29.6 Å². The molecule has 1 aromatic rings. The van der Waals surface area contributed by atoms with E-state index in [0.29, 0.717) is 25.1 Å². The van der Waals surface area contributed by atoms with Crippen LogP contribution in [-0.4, -0.2) is 17.3 Å². The maximum Gasteiger partial charge on any atom is 0.147 e. The topological polar surface area (TPSA) is 56.0 Å². The first-order valence-corrected chi connectivity index (χ1v) is 5.70. The molecule has 1 rings (SSSR count). The normalized spacial score (nSPS) is 11.0. The Kier molecular flexibility index (Phi) is 4.47. The second-order valence-corrected chi connectivity index (χ2v) is 4.09. The number of nitrogens with one attached hydrogen (secondary N) is 1. The summed E-state index contributed by atoms with van der Waals surface area (Å²) in [6, 6.07) is 6.11. The summed E-state index contributed by atoms with van der Waals surface area (Å²) in [6.45, 7) is 4.07. The zero-order valence-electron chi connectivity index (χ0n) is 10.1. The molecule has 4 heteroatoms. The molecule has 0 aliphatic rings. The lowest BCUT2D eigenvalue weighted by atomic mass is 9.97. The van der Waals surface area contributed by atoms with Gasteiger partial charge in [0.25, 0.3) is 0 Å². The first-order valence-electron chi connectivity index (χ1n) is 5.70. The molecule has 0 fully saturated rings. The smallest absolute Gasteiger partial charge is 0.147 e. The van der Waals surface area contributed by atoms with Crippen molar-refractivity contribution < 1.29 is 9.50 Å². The van der Waals surface area contributed by atoms with Crippen LogP contribution < -0.4 is 5.32 Å². The van der Waals surface area contributed by atoms with Crippen LogP contribution in [0, 0.1) is 17.1 Å². The molecule has 0 aliphatic carbocycles. The third kappa shape index (κ3) is 3.43. The maximum absolute atomic E-state index is 13.5. The standard InChI is InChI=1S/C13H17FN2O/c1-3-13(17,4-2)9-16-12-6-5-10(8-15)7-11(12)14/h5-7,16-17H,3-4,9H2,1-2H3. The van der Waals surface area contributed by atoms with E-state index in [-0.39, 0.29) is 5.56 Å². The highest BCUT2D eigenvalue weighted by Gasteiger charge is 2.22. The van der Waals surface area contributed by atoms with E-state index in [1.807, 2.05) is 19.9 Å². The van der Waals surface area contributed by atoms with E-state index in [0.717, 1.165) is 0 Å². The number of hydrogen-bond acceptors (Lipinski definition) is 3. The van der Waals surface area contributed by atoms with Gasteiger partial charge < -0.3 is 10.4 Å². The van der Waals surface area contributed by atoms with Crippen molar-refractivity contribution in [1.29, 1.82) is 5.26 Å². The summed E-state index contributed by atoms with van der Waals surface area (Å²) < 4.78 is 13.5. The Labute approximate surface area is 101 Å². The van der Waals surface area contributed by atoms with E-state index in [1.165, 1.54) is 12.1 Å². The van der Waals surface area contributed by atoms with Gasteiger partial charge in [0.1, 0.15) is 5.82 Å². The molecular weight excluding hydrogens is 219 g/mol.